The standard InChI is InChI=1S/C17H27NO/c1-5-12-18(17(19)16-9-10-16)13-11-15(4)8-6-7-14(2)3/h5,7,11,16H,1,6,8-10,12-13H2,2-4H3/b15-11-. The minimum absolute atomic E-state index is 0.291. The van der Waals surface area contributed by atoms with E-state index in [0.717, 1.165) is 32.2 Å². The number of nitrogens with zero attached hydrogens (tertiary/aromatic N) is 1. The van der Waals surface area contributed by atoms with Gasteiger partial charge in [0.2, 0.25) is 5.91 Å². The van der Waals surface area contributed by atoms with E-state index in [1.807, 2.05) is 11.0 Å². The lowest BCUT2D eigenvalue weighted by atomic mass is 10.1. The van der Waals surface area contributed by atoms with Crippen LogP contribution in [0.5, 0.6) is 0 Å². The van der Waals surface area contributed by atoms with Gasteiger partial charge in [0.05, 0.1) is 0 Å². The molecular formula is C17H27NO. The summed E-state index contributed by atoms with van der Waals surface area (Å²) in [6, 6.07) is 0. The highest BCUT2D eigenvalue weighted by Gasteiger charge is 2.32. The SMILES string of the molecule is C=CCN(C/C=C(/C)CCC=C(C)C)C(=O)C1CC1. The van der Waals surface area contributed by atoms with Crippen LogP contribution in [0.25, 0.3) is 0 Å². The molecule has 0 radical (unpaired) electrons. The average Bonchev–Trinajstić information content (AvgIpc) is 3.17. The van der Waals surface area contributed by atoms with Gasteiger partial charge in [-0.15, -0.1) is 6.58 Å². The molecule has 0 saturated heterocycles. The molecule has 0 unspecified atom stereocenters. The number of carbonyl (C=O) groups is 1. The summed E-state index contributed by atoms with van der Waals surface area (Å²) in [5.74, 6) is 0.590. The van der Waals surface area contributed by atoms with Crippen LogP contribution in [0.3, 0.4) is 0 Å². The van der Waals surface area contributed by atoms with Gasteiger partial charge in [-0.05, 0) is 46.5 Å². The van der Waals surface area contributed by atoms with Crippen LogP contribution in [0.2, 0.25) is 0 Å². The van der Waals surface area contributed by atoms with Crippen LogP contribution >= 0.6 is 0 Å². The van der Waals surface area contributed by atoms with E-state index in [4.69, 9.17) is 0 Å². The van der Waals surface area contributed by atoms with E-state index in [1.54, 1.807) is 0 Å². The Morgan fingerprint density at radius 2 is 1.89 bits per heavy atom. The summed E-state index contributed by atoms with van der Waals surface area (Å²) in [5, 5.41) is 0. The largest absolute Gasteiger partial charge is 0.335 e. The van der Waals surface area contributed by atoms with E-state index < -0.39 is 0 Å². The second kappa shape index (κ2) is 7.98. The van der Waals surface area contributed by atoms with Gasteiger partial charge in [0, 0.05) is 19.0 Å². The Balaban J connectivity index is 2.42. The number of carbonyl (C=O) groups excluding carboxylic acids is 1. The number of rotatable bonds is 8. The van der Waals surface area contributed by atoms with Crippen molar-refractivity contribution in [1.29, 1.82) is 0 Å². The van der Waals surface area contributed by atoms with Crippen molar-refractivity contribution < 1.29 is 4.79 Å². The van der Waals surface area contributed by atoms with Crippen LogP contribution < -0.4 is 0 Å². The molecule has 106 valence electrons. The fourth-order valence-corrected chi connectivity index (χ4v) is 1.96. The molecule has 1 fully saturated rings. The monoisotopic (exact) mass is 261 g/mol. The molecule has 19 heavy (non-hydrogen) atoms. The van der Waals surface area contributed by atoms with E-state index in [-0.39, 0.29) is 0 Å². The summed E-state index contributed by atoms with van der Waals surface area (Å²) < 4.78 is 0. The van der Waals surface area contributed by atoms with E-state index in [2.05, 4.69) is 39.5 Å². The van der Waals surface area contributed by atoms with Crippen LogP contribution in [0.4, 0.5) is 0 Å². The maximum Gasteiger partial charge on any atom is 0.226 e. The van der Waals surface area contributed by atoms with Crippen molar-refractivity contribution >= 4 is 5.91 Å². The van der Waals surface area contributed by atoms with Gasteiger partial charge in [-0.25, -0.2) is 0 Å². The van der Waals surface area contributed by atoms with Gasteiger partial charge >= 0.3 is 0 Å². The zero-order valence-electron chi connectivity index (χ0n) is 12.6. The molecule has 0 spiro atoms. The summed E-state index contributed by atoms with van der Waals surface area (Å²) in [4.78, 5) is 14.0. The predicted molar refractivity (Wildman–Crippen MR) is 81.9 cm³/mol. The van der Waals surface area contributed by atoms with Crippen molar-refractivity contribution in [2.75, 3.05) is 13.1 Å². The summed E-state index contributed by atoms with van der Waals surface area (Å²) in [6.45, 7) is 11.5. The molecule has 0 aromatic rings. The number of allylic oxidation sites excluding steroid dienone is 3. The molecule has 0 aromatic carbocycles. The van der Waals surface area contributed by atoms with Crippen molar-refractivity contribution in [2.45, 2.75) is 46.5 Å². The highest BCUT2D eigenvalue weighted by Crippen LogP contribution is 2.31. The Morgan fingerprint density at radius 3 is 2.42 bits per heavy atom. The Morgan fingerprint density at radius 1 is 1.21 bits per heavy atom. The van der Waals surface area contributed by atoms with E-state index in [0.29, 0.717) is 18.4 Å². The average molecular weight is 261 g/mol. The zero-order valence-corrected chi connectivity index (χ0v) is 12.6. The third-order valence-corrected chi connectivity index (χ3v) is 3.34. The molecule has 1 aliphatic rings. The quantitative estimate of drug-likeness (QED) is 0.602. The maximum atomic E-state index is 12.1. The molecule has 2 heteroatoms. The van der Waals surface area contributed by atoms with E-state index in [1.165, 1.54) is 11.1 Å². The first-order chi connectivity index (χ1) is 9.04. The van der Waals surface area contributed by atoms with Gasteiger partial charge in [0.25, 0.3) is 0 Å². The second-order valence-corrected chi connectivity index (χ2v) is 5.68. The molecule has 1 aliphatic carbocycles. The minimum atomic E-state index is 0.291. The fraction of sp³-hybridized carbons (Fsp3) is 0.588. The van der Waals surface area contributed by atoms with Crippen molar-refractivity contribution in [3.8, 4) is 0 Å². The summed E-state index contributed by atoms with van der Waals surface area (Å²) in [5.41, 5.74) is 2.72. The van der Waals surface area contributed by atoms with Crippen LogP contribution in [0.1, 0.15) is 46.5 Å². The summed E-state index contributed by atoms with van der Waals surface area (Å²) in [7, 11) is 0. The molecule has 0 heterocycles. The van der Waals surface area contributed by atoms with Gasteiger partial charge in [0.1, 0.15) is 0 Å². The Kier molecular flexibility index (Phi) is 6.61. The van der Waals surface area contributed by atoms with Crippen molar-refractivity contribution in [1.82, 2.24) is 4.90 Å². The van der Waals surface area contributed by atoms with Gasteiger partial charge in [-0.1, -0.05) is 29.4 Å². The van der Waals surface area contributed by atoms with Gasteiger partial charge < -0.3 is 4.90 Å². The number of hydrogen-bond donors (Lipinski definition) is 0. The van der Waals surface area contributed by atoms with Gasteiger partial charge in [0.15, 0.2) is 0 Å². The Bertz CT molecular complexity index is 371. The topological polar surface area (TPSA) is 20.3 Å². The normalized spacial score (nSPS) is 15.0. The van der Waals surface area contributed by atoms with Crippen LogP contribution in [0, 0.1) is 5.92 Å². The number of amides is 1. The first kappa shape index (κ1) is 15.7. The van der Waals surface area contributed by atoms with E-state index >= 15 is 0 Å². The minimum Gasteiger partial charge on any atom is -0.335 e. The lowest BCUT2D eigenvalue weighted by Crippen LogP contribution is -2.32. The predicted octanol–water partition coefficient (Wildman–Crippen LogP) is 4.10. The Hall–Kier alpha value is -1.31. The highest BCUT2D eigenvalue weighted by molar-refractivity contribution is 5.81. The van der Waals surface area contributed by atoms with Crippen molar-refractivity contribution in [3.63, 3.8) is 0 Å². The summed E-state index contributed by atoms with van der Waals surface area (Å²) in [6.07, 6.45) is 10.5. The molecule has 0 N–H and O–H groups in total. The number of hydrogen-bond acceptors (Lipinski definition) is 1. The molecule has 2 nitrogen and oxygen atoms in total. The Labute approximate surface area is 117 Å². The van der Waals surface area contributed by atoms with Crippen LogP contribution in [-0.4, -0.2) is 23.9 Å². The van der Waals surface area contributed by atoms with E-state index in [9.17, 15) is 4.79 Å². The molecule has 0 aliphatic heterocycles. The van der Waals surface area contributed by atoms with Crippen LogP contribution in [0.15, 0.2) is 36.0 Å². The van der Waals surface area contributed by atoms with Gasteiger partial charge in [-0.3, -0.25) is 4.79 Å². The lowest BCUT2D eigenvalue weighted by Gasteiger charge is -2.19. The first-order valence-electron chi connectivity index (χ1n) is 7.23. The molecule has 0 bridgehead atoms. The summed E-state index contributed by atoms with van der Waals surface area (Å²) >= 11 is 0. The maximum absolute atomic E-state index is 12.1. The molecular weight excluding hydrogens is 234 g/mol. The molecule has 1 saturated carbocycles. The highest BCUT2D eigenvalue weighted by atomic mass is 16.2. The van der Waals surface area contributed by atoms with Crippen LogP contribution in [-0.2, 0) is 4.79 Å². The second-order valence-electron chi connectivity index (χ2n) is 5.68. The van der Waals surface area contributed by atoms with Crippen molar-refractivity contribution in [3.05, 3.63) is 36.0 Å². The fourth-order valence-electron chi connectivity index (χ4n) is 1.96. The molecule has 1 amide bonds. The zero-order chi connectivity index (χ0) is 14.3. The lowest BCUT2D eigenvalue weighted by molar-refractivity contribution is -0.131. The molecule has 0 aromatic heterocycles. The smallest absolute Gasteiger partial charge is 0.226 e. The third-order valence-electron chi connectivity index (χ3n) is 3.34. The molecule has 0 atom stereocenters. The molecule has 1 rings (SSSR count). The third kappa shape index (κ3) is 6.42. The first-order valence-corrected chi connectivity index (χ1v) is 7.23. The van der Waals surface area contributed by atoms with Crippen molar-refractivity contribution in [2.24, 2.45) is 5.92 Å². The van der Waals surface area contributed by atoms with Gasteiger partial charge in [-0.2, -0.15) is 0 Å².